The second kappa shape index (κ2) is 8.97. The molecule has 1 N–H and O–H groups in total. The van der Waals surface area contributed by atoms with Gasteiger partial charge in [0.1, 0.15) is 11.1 Å². The molecule has 1 amide bonds. The van der Waals surface area contributed by atoms with Gasteiger partial charge in [-0.15, -0.1) is 11.8 Å². The molecule has 0 spiro atoms. The van der Waals surface area contributed by atoms with Gasteiger partial charge in [0.2, 0.25) is 5.91 Å². The van der Waals surface area contributed by atoms with E-state index in [1.807, 2.05) is 85.8 Å². The van der Waals surface area contributed by atoms with Gasteiger partial charge < -0.3 is 9.88 Å². The number of amides is 1. The fourth-order valence-electron chi connectivity index (χ4n) is 3.40. The maximum absolute atomic E-state index is 13.1. The van der Waals surface area contributed by atoms with Crippen molar-refractivity contribution in [1.29, 1.82) is 0 Å². The first-order valence-corrected chi connectivity index (χ1v) is 10.6. The summed E-state index contributed by atoms with van der Waals surface area (Å²) in [5.74, 6) is 0.978. The van der Waals surface area contributed by atoms with Crippen LogP contribution in [-0.4, -0.2) is 22.0 Å². The maximum Gasteiger partial charge on any atom is 0.238 e. The number of nitrogens with one attached hydrogen (secondary N) is 1. The number of nitrogens with zero attached hydrogens (tertiary/aromatic N) is 2. The molecule has 0 radical (unpaired) electrons. The number of imidazole rings is 1. The number of para-hydroxylation sites is 2. The van der Waals surface area contributed by atoms with Crippen LogP contribution in [0, 0.1) is 6.92 Å². The van der Waals surface area contributed by atoms with Gasteiger partial charge in [0, 0.05) is 18.0 Å². The summed E-state index contributed by atoms with van der Waals surface area (Å²) in [6.07, 6.45) is 0. The molecular weight excluding hydrogens is 378 g/mol. The summed E-state index contributed by atoms with van der Waals surface area (Å²) in [4.78, 5) is 18.7. The number of rotatable bonds is 7. The third-order valence-electron chi connectivity index (χ3n) is 4.82. The molecule has 0 saturated carbocycles. The molecule has 4 rings (SSSR count). The molecule has 0 aliphatic rings. The topological polar surface area (TPSA) is 46.9 Å². The van der Waals surface area contributed by atoms with Crippen LogP contribution in [0.1, 0.15) is 16.6 Å². The van der Waals surface area contributed by atoms with Crippen LogP contribution in [0.3, 0.4) is 0 Å². The molecule has 1 aromatic heterocycles. The average Bonchev–Trinajstić information content (AvgIpc) is 3.08. The lowest BCUT2D eigenvalue weighted by atomic mass is 10.1. The second-order valence-electron chi connectivity index (χ2n) is 6.81. The van der Waals surface area contributed by atoms with Crippen molar-refractivity contribution in [3.63, 3.8) is 0 Å². The molecule has 5 heteroatoms. The summed E-state index contributed by atoms with van der Waals surface area (Å²) in [5, 5.41) is 2.83. The number of aryl methyl sites for hydroxylation is 1. The molecule has 0 saturated heterocycles. The Balaban J connectivity index is 1.47. The zero-order valence-corrected chi connectivity index (χ0v) is 17.1. The van der Waals surface area contributed by atoms with E-state index in [4.69, 9.17) is 0 Å². The number of fused-ring (bicyclic) bond motifs is 1. The summed E-state index contributed by atoms with van der Waals surface area (Å²) >= 11 is 1.57. The van der Waals surface area contributed by atoms with E-state index in [9.17, 15) is 4.79 Å². The van der Waals surface area contributed by atoms with Crippen molar-refractivity contribution < 1.29 is 4.79 Å². The molecule has 0 bridgehead atoms. The van der Waals surface area contributed by atoms with Gasteiger partial charge >= 0.3 is 0 Å². The highest BCUT2D eigenvalue weighted by Gasteiger charge is 2.21. The highest BCUT2D eigenvalue weighted by molar-refractivity contribution is 8.00. The quantitative estimate of drug-likeness (QED) is 0.444. The normalized spacial score (nSPS) is 12.0. The monoisotopic (exact) mass is 401 g/mol. The van der Waals surface area contributed by atoms with Crippen LogP contribution in [0.15, 0.2) is 89.8 Å². The number of aromatic nitrogens is 2. The van der Waals surface area contributed by atoms with Crippen molar-refractivity contribution in [2.24, 2.45) is 0 Å². The van der Waals surface area contributed by atoms with E-state index in [0.717, 1.165) is 27.3 Å². The SMILES string of the molecule is Cc1nc2ccccc2n1CCNC(=O)C(Sc1ccccc1)c1ccccc1. The lowest BCUT2D eigenvalue weighted by Crippen LogP contribution is -2.31. The molecule has 29 heavy (non-hydrogen) atoms. The molecule has 0 aliphatic carbocycles. The molecule has 1 atom stereocenters. The van der Waals surface area contributed by atoms with E-state index in [0.29, 0.717) is 13.1 Å². The molecule has 0 aliphatic heterocycles. The zero-order chi connectivity index (χ0) is 20.1. The van der Waals surface area contributed by atoms with Crippen molar-refractivity contribution in [1.82, 2.24) is 14.9 Å². The van der Waals surface area contributed by atoms with Crippen LogP contribution >= 0.6 is 11.8 Å². The minimum absolute atomic E-state index is 0.0205. The Morgan fingerprint density at radius 1 is 0.966 bits per heavy atom. The van der Waals surface area contributed by atoms with Gasteiger partial charge in [-0.1, -0.05) is 60.7 Å². The predicted molar refractivity (Wildman–Crippen MR) is 119 cm³/mol. The highest BCUT2D eigenvalue weighted by Crippen LogP contribution is 2.35. The van der Waals surface area contributed by atoms with Crippen molar-refractivity contribution in [3.05, 3.63) is 96.3 Å². The lowest BCUT2D eigenvalue weighted by molar-refractivity contribution is -0.120. The number of benzene rings is 3. The molecule has 1 heterocycles. The molecule has 3 aromatic carbocycles. The predicted octanol–water partition coefficient (Wildman–Crippen LogP) is 4.99. The van der Waals surface area contributed by atoms with Crippen LogP contribution in [0.5, 0.6) is 0 Å². The maximum atomic E-state index is 13.1. The Kier molecular flexibility index (Phi) is 5.96. The molecule has 0 fully saturated rings. The van der Waals surface area contributed by atoms with Gasteiger partial charge in [0.15, 0.2) is 0 Å². The molecule has 4 aromatic rings. The Hall–Kier alpha value is -3.05. The first-order valence-electron chi connectivity index (χ1n) is 9.68. The van der Waals surface area contributed by atoms with E-state index in [2.05, 4.69) is 20.9 Å². The number of hydrogen-bond acceptors (Lipinski definition) is 3. The number of carbonyl (C=O) groups is 1. The van der Waals surface area contributed by atoms with Gasteiger partial charge in [0.25, 0.3) is 0 Å². The number of thioether (sulfide) groups is 1. The molecule has 1 unspecified atom stereocenters. The summed E-state index contributed by atoms with van der Waals surface area (Å²) in [7, 11) is 0. The largest absolute Gasteiger partial charge is 0.353 e. The van der Waals surface area contributed by atoms with Crippen LogP contribution < -0.4 is 5.32 Å². The highest BCUT2D eigenvalue weighted by atomic mass is 32.2. The van der Waals surface area contributed by atoms with Crippen LogP contribution in [0.25, 0.3) is 11.0 Å². The summed E-state index contributed by atoms with van der Waals surface area (Å²) in [6, 6.07) is 28.1. The van der Waals surface area contributed by atoms with Crippen molar-refractivity contribution in [2.45, 2.75) is 23.6 Å². The van der Waals surface area contributed by atoms with Gasteiger partial charge in [0.05, 0.1) is 11.0 Å². The summed E-state index contributed by atoms with van der Waals surface area (Å²) in [6.45, 7) is 3.24. The Bertz CT molecular complexity index is 1090. The molecule has 4 nitrogen and oxygen atoms in total. The average molecular weight is 402 g/mol. The molecular formula is C24H23N3OS. The fourth-order valence-corrected chi connectivity index (χ4v) is 4.47. The zero-order valence-electron chi connectivity index (χ0n) is 16.3. The van der Waals surface area contributed by atoms with Crippen molar-refractivity contribution in [3.8, 4) is 0 Å². The first kappa shape index (κ1) is 19.3. The van der Waals surface area contributed by atoms with Crippen LogP contribution in [-0.2, 0) is 11.3 Å². The van der Waals surface area contributed by atoms with E-state index < -0.39 is 0 Å². The lowest BCUT2D eigenvalue weighted by Gasteiger charge is -2.17. The van der Waals surface area contributed by atoms with E-state index >= 15 is 0 Å². The van der Waals surface area contributed by atoms with Crippen LogP contribution in [0.2, 0.25) is 0 Å². The summed E-state index contributed by atoms with van der Waals surface area (Å²) in [5.41, 5.74) is 3.08. The van der Waals surface area contributed by atoms with Crippen molar-refractivity contribution in [2.75, 3.05) is 6.54 Å². The van der Waals surface area contributed by atoms with Gasteiger partial charge in [-0.3, -0.25) is 4.79 Å². The van der Waals surface area contributed by atoms with Gasteiger partial charge in [-0.05, 0) is 36.8 Å². The van der Waals surface area contributed by atoms with E-state index in [-0.39, 0.29) is 11.2 Å². The molecule has 146 valence electrons. The summed E-state index contributed by atoms with van der Waals surface area (Å²) < 4.78 is 2.15. The number of carbonyl (C=O) groups excluding carboxylic acids is 1. The fraction of sp³-hybridized carbons (Fsp3) is 0.167. The first-order chi connectivity index (χ1) is 14.2. The van der Waals surface area contributed by atoms with Gasteiger partial charge in [-0.25, -0.2) is 4.98 Å². The standard InChI is InChI=1S/C24H23N3OS/c1-18-26-21-14-8-9-15-22(21)27(18)17-16-25-24(28)23(19-10-4-2-5-11-19)29-20-12-6-3-7-13-20/h2-15,23H,16-17H2,1H3,(H,25,28). The Morgan fingerprint density at radius 2 is 1.62 bits per heavy atom. The third-order valence-corrected chi connectivity index (χ3v) is 6.08. The van der Waals surface area contributed by atoms with E-state index in [1.165, 1.54) is 0 Å². The van der Waals surface area contributed by atoms with Crippen LogP contribution in [0.4, 0.5) is 0 Å². The third kappa shape index (κ3) is 4.51. The minimum Gasteiger partial charge on any atom is -0.353 e. The van der Waals surface area contributed by atoms with Crippen molar-refractivity contribution >= 4 is 28.7 Å². The smallest absolute Gasteiger partial charge is 0.238 e. The van der Waals surface area contributed by atoms with E-state index in [1.54, 1.807) is 11.8 Å². The minimum atomic E-state index is -0.292. The van der Waals surface area contributed by atoms with Gasteiger partial charge in [-0.2, -0.15) is 0 Å². The number of hydrogen-bond donors (Lipinski definition) is 1. The second-order valence-corrected chi connectivity index (χ2v) is 7.99. The Labute approximate surface area is 175 Å². The Morgan fingerprint density at radius 3 is 2.38 bits per heavy atom.